The molecule has 0 unspecified atom stereocenters. The van der Waals surface area contributed by atoms with E-state index in [2.05, 4.69) is 12.2 Å². The minimum Gasteiger partial charge on any atom is -0.481 e. The van der Waals surface area contributed by atoms with Gasteiger partial charge in [0.25, 0.3) is 0 Å². The number of hydrogen-bond donors (Lipinski definition) is 2. The standard InChI is InChI=1S/C18H27NO5/c1-2-3-11-23-13-16(12-17(20)21)9-10-19-18(22)24-14-15-7-5-4-6-8-15/h4-8,16H,2-3,9-14H2,1H3,(H,19,22)(H,20,21)/t16-/m1/s1. The third kappa shape index (κ3) is 9.84. The van der Waals surface area contributed by atoms with Gasteiger partial charge in [-0.1, -0.05) is 43.7 Å². The minimum absolute atomic E-state index is 0.0346. The summed E-state index contributed by atoms with van der Waals surface area (Å²) in [6.45, 7) is 3.68. The van der Waals surface area contributed by atoms with Crippen molar-refractivity contribution in [3.8, 4) is 0 Å². The van der Waals surface area contributed by atoms with Crippen LogP contribution in [-0.2, 0) is 20.9 Å². The first kappa shape index (κ1) is 20.0. The van der Waals surface area contributed by atoms with Crippen molar-refractivity contribution in [1.29, 1.82) is 0 Å². The van der Waals surface area contributed by atoms with Crippen molar-refractivity contribution >= 4 is 12.1 Å². The van der Waals surface area contributed by atoms with Crippen molar-refractivity contribution in [2.45, 2.75) is 39.2 Å². The Balaban J connectivity index is 2.22. The molecular weight excluding hydrogens is 310 g/mol. The van der Waals surface area contributed by atoms with Crippen molar-refractivity contribution in [1.82, 2.24) is 5.32 Å². The zero-order chi connectivity index (χ0) is 17.6. The Morgan fingerprint density at radius 2 is 2.00 bits per heavy atom. The number of nitrogens with one attached hydrogen (secondary N) is 1. The summed E-state index contributed by atoms with van der Waals surface area (Å²) in [4.78, 5) is 22.5. The molecule has 24 heavy (non-hydrogen) atoms. The molecule has 0 saturated carbocycles. The van der Waals surface area contributed by atoms with Crippen molar-refractivity contribution < 1.29 is 24.2 Å². The lowest BCUT2D eigenvalue weighted by atomic mass is 10.0. The second kappa shape index (κ2) is 12.4. The Labute approximate surface area is 143 Å². The SMILES string of the molecule is CCCCOC[C@H](CCNC(=O)OCc1ccccc1)CC(=O)O. The number of alkyl carbamates (subject to hydrolysis) is 1. The van der Waals surface area contributed by atoms with Crippen LogP contribution in [0.2, 0.25) is 0 Å². The van der Waals surface area contributed by atoms with E-state index in [4.69, 9.17) is 14.6 Å². The van der Waals surface area contributed by atoms with Crippen molar-refractivity contribution in [3.63, 3.8) is 0 Å². The number of benzene rings is 1. The summed E-state index contributed by atoms with van der Waals surface area (Å²) in [6.07, 6.45) is 2.08. The molecular formula is C18H27NO5. The summed E-state index contributed by atoms with van der Waals surface area (Å²) in [5.41, 5.74) is 0.917. The zero-order valence-corrected chi connectivity index (χ0v) is 14.2. The van der Waals surface area contributed by atoms with E-state index in [-0.39, 0.29) is 18.9 Å². The van der Waals surface area contributed by atoms with Crippen LogP contribution in [0.5, 0.6) is 0 Å². The van der Waals surface area contributed by atoms with E-state index in [9.17, 15) is 9.59 Å². The second-order valence-corrected chi connectivity index (χ2v) is 5.67. The smallest absolute Gasteiger partial charge is 0.407 e. The molecule has 0 radical (unpaired) electrons. The van der Waals surface area contributed by atoms with Crippen LogP contribution in [0.15, 0.2) is 30.3 Å². The molecule has 134 valence electrons. The van der Waals surface area contributed by atoms with Gasteiger partial charge < -0.3 is 19.9 Å². The lowest BCUT2D eigenvalue weighted by molar-refractivity contribution is -0.138. The summed E-state index contributed by atoms with van der Waals surface area (Å²) < 4.78 is 10.6. The number of rotatable bonds is 12. The molecule has 0 spiro atoms. The largest absolute Gasteiger partial charge is 0.481 e. The van der Waals surface area contributed by atoms with Crippen LogP contribution in [0.1, 0.15) is 38.2 Å². The van der Waals surface area contributed by atoms with Gasteiger partial charge in [0.2, 0.25) is 0 Å². The van der Waals surface area contributed by atoms with Gasteiger partial charge in [0.1, 0.15) is 6.61 Å². The highest BCUT2D eigenvalue weighted by Gasteiger charge is 2.14. The molecule has 1 aromatic carbocycles. The predicted molar refractivity (Wildman–Crippen MR) is 90.7 cm³/mol. The number of carboxylic acid groups (broad SMARTS) is 1. The molecule has 0 aromatic heterocycles. The summed E-state index contributed by atoms with van der Waals surface area (Å²) >= 11 is 0. The average Bonchev–Trinajstić information content (AvgIpc) is 2.57. The van der Waals surface area contributed by atoms with Crippen molar-refractivity contribution in [3.05, 3.63) is 35.9 Å². The molecule has 1 rings (SSSR count). The molecule has 2 N–H and O–H groups in total. The number of carbonyl (C=O) groups is 2. The van der Waals surface area contributed by atoms with E-state index in [0.717, 1.165) is 18.4 Å². The van der Waals surface area contributed by atoms with E-state index in [1.807, 2.05) is 30.3 Å². The minimum atomic E-state index is -0.856. The molecule has 0 fully saturated rings. The number of aliphatic carboxylic acids is 1. The Bertz CT molecular complexity index is 478. The first-order valence-electron chi connectivity index (χ1n) is 8.36. The predicted octanol–water partition coefficient (Wildman–Crippen LogP) is 3.21. The molecule has 6 nitrogen and oxygen atoms in total. The maximum absolute atomic E-state index is 11.6. The summed E-state index contributed by atoms with van der Waals surface area (Å²) in [5.74, 6) is -0.973. The van der Waals surface area contributed by atoms with Gasteiger partial charge in [-0.2, -0.15) is 0 Å². The number of hydrogen-bond acceptors (Lipinski definition) is 4. The van der Waals surface area contributed by atoms with Crippen LogP contribution in [0.25, 0.3) is 0 Å². The summed E-state index contributed by atoms with van der Waals surface area (Å²) in [7, 11) is 0. The molecule has 0 heterocycles. The van der Waals surface area contributed by atoms with Gasteiger partial charge in [0, 0.05) is 13.2 Å². The number of ether oxygens (including phenoxy) is 2. The van der Waals surface area contributed by atoms with Gasteiger partial charge in [0.15, 0.2) is 0 Å². The maximum atomic E-state index is 11.6. The number of amides is 1. The summed E-state index contributed by atoms with van der Waals surface area (Å²) in [5, 5.41) is 11.6. The Hall–Kier alpha value is -2.08. The average molecular weight is 337 g/mol. The molecule has 0 aliphatic carbocycles. The van der Waals surface area contributed by atoms with Gasteiger partial charge in [-0.25, -0.2) is 4.79 Å². The number of carbonyl (C=O) groups excluding carboxylic acids is 1. The quantitative estimate of drug-likeness (QED) is 0.572. The molecule has 1 amide bonds. The fourth-order valence-corrected chi connectivity index (χ4v) is 2.14. The molecule has 1 atom stereocenters. The van der Waals surface area contributed by atoms with E-state index in [0.29, 0.717) is 26.2 Å². The third-order valence-corrected chi connectivity index (χ3v) is 3.49. The van der Waals surface area contributed by atoms with Gasteiger partial charge in [-0.15, -0.1) is 0 Å². The first-order valence-corrected chi connectivity index (χ1v) is 8.36. The first-order chi connectivity index (χ1) is 11.6. The van der Waals surface area contributed by atoms with Gasteiger partial charge >= 0.3 is 12.1 Å². The van der Waals surface area contributed by atoms with Gasteiger partial charge in [0.05, 0.1) is 13.0 Å². The molecule has 0 bridgehead atoms. The molecule has 0 aliphatic rings. The van der Waals surface area contributed by atoms with Gasteiger partial charge in [-0.05, 0) is 24.3 Å². The molecule has 0 saturated heterocycles. The van der Waals surface area contributed by atoms with Crippen LogP contribution >= 0.6 is 0 Å². The number of carboxylic acids is 1. The topological polar surface area (TPSA) is 84.9 Å². The highest BCUT2D eigenvalue weighted by molar-refractivity contribution is 5.67. The lowest BCUT2D eigenvalue weighted by Crippen LogP contribution is -2.28. The lowest BCUT2D eigenvalue weighted by Gasteiger charge is -2.15. The van der Waals surface area contributed by atoms with E-state index >= 15 is 0 Å². The van der Waals surface area contributed by atoms with Crippen molar-refractivity contribution in [2.24, 2.45) is 5.92 Å². The van der Waals surface area contributed by atoms with Crippen LogP contribution < -0.4 is 5.32 Å². The van der Waals surface area contributed by atoms with Crippen LogP contribution in [0.3, 0.4) is 0 Å². The highest BCUT2D eigenvalue weighted by atomic mass is 16.5. The normalized spacial score (nSPS) is 11.7. The Kier molecular flexibility index (Phi) is 10.3. The maximum Gasteiger partial charge on any atom is 0.407 e. The van der Waals surface area contributed by atoms with E-state index < -0.39 is 12.1 Å². The Morgan fingerprint density at radius 1 is 1.25 bits per heavy atom. The fourth-order valence-electron chi connectivity index (χ4n) is 2.14. The highest BCUT2D eigenvalue weighted by Crippen LogP contribution is 2.09. The van der Waals surface area contributed by atoms with E-state index in [1.165, 1.54) is 0 Å². The third-order valence-electron chi connectivity index (χ3n) is 3.49. The van der Waals surface area contributed by atoms with Gasteiger partial charge in [-0.3, -0.25) is 4.79 Å². The molecule has 0 aliphatic heterocycles. The zero-order valence-electron chi connectivity index (χ0n) is 14.2. The monoisotopic (exact) mass is 337 g/mol. The van der Waals surface area contributed by atoms with Crippen LogP contribution in [-0.4, -0.2) is 36.9 Å². The van der Waals surface area contributed by atoms with E-state index in [1.54, 1.807) is 0 Å². The molecule has 6 heteroatoms. The second-order valence-electron chi connectivity index (χ2n) is 5.67. The van der Waals surface area contributed by atoms with Crippen LogP contribution in [0, 0.1) is 5.92 Å². The fraction of sp³-hybridized carbons (Fsp3) is 0.556. The van der Waals surface area contributed by atoms with Crippen LogP contribution in [0.4, 0.5) is 4.79 Å². The van der Waals surface area contributed by atoms with Crippen molar-refractivity contribution in [2.75, 3.05) is 19.8 Å². The Morgan fingerprint density at radius 3 is 2.67 bits per heavy atom. The molecule has 1 aromatic rings. The number of unbranched alkanes of at least 4 members (excludes halogenated alkanes) is 1. The summed E-state index contributed by atoms with van der Waals surface area (Å²) in [6, 6.07) is 9.42.